The molecule has 0 aromatic carbocycles. The second-order valence-electron chi connectivity index (χ2n) is 2.42. The predicted molar refractivity (Wildman–Crippen MR) is 37.6 cm³/mol. The Labute approximate surface area is 60.1 Å². The monoisotopic (exact) mass is 141 g/mol. The van der Waals surface area contributed by atoms with Crippen LogP contribution in [0, 0.1) is 5.92 Å². The first-order chi connectivity index (χ1) is 4.74. The molecule has 56 valence electrons. The van der Waals surface area contributed by atoms with E-state index in [1.54, 1.807) is 6.08 Å². The number of carbonyl (C=O) groups excluding carboxylic acids is 1. The molecule has 1 amide bonds. The first kappa shape index (κ1) is 7.12. The van der Waals surface area contributed by atoms with Gasteiger partial charge < -0.3 is 10.1 Å². The number of ether oxygens (including phenoxy) is 1. The molecular formula is C7H11NO2. The van der Waals surface area contributed by atoms with Crippen molar-refractivity contribution in [1.82, 2.24) is 5.32 Å². The summed E-state index contributed by atoms with van der Waals surface area (Å²) in [6, 6.07) is 0. The second-order valence-corrected chi connectivity index (χ2v) is 2.42. The van der Waals surface area contributed by atoms with Crippen molar-refractivity contribution >= 4 is 6.09 Å². The maximum Gasteiger partial charge on any atom is 0.407 e. The highest BCUT2D eigenvalue weighted by Crippen LogP contribution is 2.11. The molecular weight excluding hydrogens is 130 g/mol. The Morgan fingerprint density at radius 1 is 2.00 bits per heavy atom. The number of hydrogen-bond donors (Lipinski definition) is 1. The molecule has 0 aromatic rings. The zero-order valence-electron chi connectivity index (χ0n) is 5.96. The number of hydrogen-bond acceptors (Lipinski definition) is 2. The third-order valence-electron chi connectivity index (χ3n) is 1.66. The molecule has 10 heavy (non-hydrogen) atoms. The Kier molecular flexibility index (Phi) is 1.94. The Hall–Kier alpha value is -0.990. The SMILES string of the molecule is C=CC(C)C1CNC(=O)O1. The fourth-order valence-corrected chi connectivity index (χ4v) is 0.850. The van der Waals surface area contributed by atoms with Crippen LogP contribution in [0.4, 0.5) is 4.79 Å². The molecule has 0 bridgehead atoms. The van der Waals surface area contributed by atoms with Gasteiger partial charge in [-0.2, -0.15) is 0 Å². The van der Waals surface area contributed by atoms with Crippen LogP contribution in [-0.2, 0) is 4.74 Å². The summed E-state index contributed by atoms with van der Waals surface area (Å²) in [7, 11) is 0. The molecule has 3 nitrogen and oxygen atoms in total. The summed E-state index contributed by atoms with van der Waals surface area (Å²) >= 11 is 0. The van der Waals surface area contributed by atoms with E-state index in [4.69, 9.17) is 4.74 Å². The number of carbonyl (C=O) groups is 1. The van der Waals surface area contributed by atoms with Gasteiger partial charge >= 0.3 is 6.09 Å². The number of nitrogens with one attached hydrogen (secondary N) is 1. The van der Waals surface area contributed by atoms with Crippen LogP contribution in [0.5, 0.6) is 0 Å². The van der Waals surface area contributed by atoms with E-state index in [1.807, 2.05) is 6.92 Å². The van der Waals surface area contributed by atoms with Crippen molar-refractivity contribution in [2.45, 2.75) is 13.0 Å². The van der Waals surface area contributed by atoms with E-state index in [9.17, 15) is 4.79 Å². The summed E-state index contributed by atoms with van der Waals surface area (Å²) < 4.78 is 4.89. The Morgan fingerprint density at radius 2 is 2.70 bits per heavy atom. The molecule has 0 spiro atoms. The van der Waals surface area contributed by atoms with E-state index in [0.29, 0.717) is 6.54 Å². The summed E-state index contributed by atoms with van der Waals surface area (Å²) in [6.07, 6.45) is 1.44. The van der Waals surface area contributed by atoms with Crippen LogP contribution >= 0.6 is 0 Å². The minimum Gasteiger partial charge on any atom is -0.444 e. The lowest BCUT2D eigenvalue weighted by atomic mass is 10.1. The van der Waals surface area contributed by atoms with Crippen LogP contribution in [0.1, 0.15) is 6.92 Å². The molecule has 3 heteroatoms. The van der Waals surface area contributed by atoms with Crippen LogP contribution in [0.15, 0.2) is 12.7 Å². The van der Waals surface area contributed by atoms with E-state index >= 15 is 0 Å². The van der Waals surface area contributed by atoms with Crippen molar-refractivity contribution in [3.8, 4) is 0 Å². The van der Waals surface area contributed by atoms with Gasteiger partial charge in [-0.1, -0.05) is 13.0 Å². The maximum atomic E-state index is 10.5. The van der Waals surface area contributed by atoms with E-state index in [1.165, 1.54) is 0 Å². The van der Waals surface area contributed by atoms with E-state index in [2.05, 4.69) is 11.9 Å². The molecule has 0 radical (unpaired) electrons. The van der Waals surface area contributed by atoms with Gasteiger partial charge in [0.05, 0.1) is 6.54 Å². The highest BCUT2D eigenvalue weighted by Gasteiger charge is 2.25. The van der Waals surface area contributed by atoms with Crippen LogP contribution in [0.2, 0.25) is 0 Å². The van der Waals surface area contributed by atoms with Gasteiger partial charge in [-0.3, -0.25) is 0 Å². The molecule has 0 saturated carbocycles. The Morgan fingerprint density at radius 3 is 3.10 bits per heavy atom. The van der Waals surface area contributed by atoms with Crippen molar-refractivity contribution in [1.29, 1.82) is 0 Å². The normalized spacial score (nSPS) is 26.9. The van der Waals surface area contributed by atoms with Crippen molar-refractivity contribution in [2.75, 3.05) is 6.54 Å². The first-order valence-electron chi connectivity index (χ1n) is 3.31. The maximum absolute atomic E-state index is 10.5. The first-order valence-corrected chi connectivity index (χ1v) is 3.31. The molecule has 1 aliphatic rings. The summed E-state index contributed by atoms with van der Waals surface area (Å²) in [5.41, 5.74) is 0. The van der Waals surface area contributed by atoms with Crippen LogP contribution in [-0.4, -0.2) is 18.7 Å². The fraction of sp³-hybridized carbons (Fsp3) is 0.571. The van der Waals surface area contributed by atoms with Gasteiger partial charge in [0.2, 0.25) is 0 Å². The number of cyclic esters (lactones) is 1. The standard InChI is InChI=1S/C7H11NO2/c1-3-5(2)6-4-8-7(9)10-6/h3,5-6H,1,4H2,2H3,(H,8,9). The van der Waals surface area contributed by atoms with E-state index in [-0.39, 0.29) is 18.1 Å². The van der Waals surface area contributed by atoms with Crippen molar-refractivity contribution < 1.29 is 9.53 Å². The van der Waals surface area contributed by atoms with Gasteiger partial charge in [-0.15, -0.1) is 6.58 Å². The quantitative estimate of drug-likeness (QED) is 0.580. The minimum atomic E-state index is -0.321. The largest absolute Gasteiger partial charge is 0.444 e. The lowest BCUT2D eigenvalue weighted by molar-refractivity contribution is 0.122. The van der Waals surface area contributed by atoms with Crippen molar-refractivity contribution in [3.63, 3.8) is 0 Å². The van der Waals surface area contributed by atoms with Crippen LogP contribution in [0.3, 0.4) is 0 Å². The van der Waals surface area contributed by atoms with Gasteiger partial charge in [0.1, 0.15) is 6.10 Å². The zero-order chi connectivity index (χ0) is 7.56. The molecule has 1 fully saturated rings. The highest BCUT2D eigenvalue weighted by atomic mass is 16.6. The van der Waals surface area contributed by atoms with Crippen molar-refractivity contribution in [2.24, 2.45) is 5.92 Å². The number of alkyl carbamates (subject to hydrolysis) is 1. The average Bonchev–Trinajstić information content (AvgIpc) is 2.34. The zero-order valence-corrected chi connectivity index (χ0v) is 5.96. The molecule has 1 heterocycles. The third-order valence-corrected chi connectivity index (χ3v) is 1.66. The molecule has 1 N–H and O–H groups in total. The topological polar surface area (TPSA) is 38.3 Å². The summed E-state index contributed by atoms with van der Waals surface area (Å²) in [4.78, 5) is 10.5. The second kappa shape index (κ2) is 2.73. The van der Waals surface area contributed by atoms with Crippen LogP contribution < -0.4 is 5.32 Å². The highest BCUT2D eigenvalue weighted by molar-refractivity contribution is 5.69. The Balaban J connectivity index is 2.43. The van der Waals surface area contributed by atoms with Gasteiger partial charge in [-0.05, 0) is 0 Å². The predicted octanol–water partition coefficient (Wildman–Crippen LogP) is 0.917. The molecule has 0 aromatic heterocycles. The van der Waals surface area contributed by atoms with Gasteiger partial charge in [0.25, 0.3) is 0 Å². The van der Waals surface area contributed by atoms with E-state index < -0.39 is 0 Å². The lowest BCUT2D eigenvalue weighted by Gasteiger charge is -2.11. The summed E-state index contributed by atoms with van der Waals surface area (Å²) in [5, 5.41) is 2.58. The smallest absolute Gasteiger partial charge is 0.407 e. The lowest BCUT2D eigenvalue weighted by Crippen LogP contribution is -2.20. The molecule has 1 rings (SSSR count). The molecule has 1 saturated heterocycles. The summed E-state index contributed by atoms with van der Waals surface area (Å²) in [6.45, 7) is 6.18. The van der Waals surface area contributed by atoms with Crippen LogP contribution in [0.25, 0.3) is 0 Å². The fourth-order valence-electron chi connectivity index (χ4n) is 0.850. The average molecular weight is 141 g/mol. The molecule has 2 atom stereocenters. The number of rotatable bonds is 2. The van der Waals surface area contributed by atoms with Gasteiger partial charge in [0.15, 0.2) is 0 Å². The summed E-state index contributed by atoms with van der Waals surface area (Å²) in [5.74, 6) is 0.235. The molecule has 1 aliphatic heterocycles. The Bertz CT molecular complexity index is 156. The van der Waals surface area contributed by atoms with E-state index in [0.717, 1.165) is 0 Å². The minimum absolute atomic E-state index is 0.0231. The molecule has 0 aliphatic carbocycles. The molecule has 2 unspecified atom stereocenters. The van der Waals surface area contributed by atoms with Gasteiger partial charge in [0, 0.05) is 5.92 Å². The number of amides is 1. The van der Waals surface area contributed by atoms with Gasteiger partial charge in [-0.25, -0.2) is 4.79 Å². The van der Waals surface area contributed by atoms with Crippen molar-refractivity contribution in [3.05, 3.63) is 12.7 Å². The third kappa shape index (κ3) is 1.29.